The summed E-state index contributed by atoms with van der Waals surface area (Å²) in [6, 6.07) is 11.8. The molecule has 1 amide bonds. The second-order valence-electron chi connectivity index (χ2n) is 10.4. The summed E-state index contributed by atoms with van der Waals surface area (Å²) >= 11 is 0. The molecule has 200 valence electrons. The Morgan fingerprint density at radius 3 is 2.65 bits per heavy atom. The van der Waals surface area contributed by atoms with Gasteiger partial charge in [-0.2, -0.15) is 5.10 Å². The highest BCUT2D eigenvalue weighted by atomic mass is 19.1. The molecule has 0 saturated carbocycles. The second-order valence-corrected chi connectivity index (χ2v) is 10.4. The molecule has 0 bridgehead atoms. The first kappa shape index (κ1) is 25.1. The number of nitrogens with one attached hydrogen (secondary N) is 3. The lowest BCUT2D eigenvalue weighted by molar-refractivity contribution is -0.123. The van der Waals surface area contributed by atoms with E-state index in [2.05, 4.69) is 30.5 Å². The first-order valence-electron chi connectivity index (χ1n) is 12.5. The van der Waals surface area contributed by atoms with Crippen LogP contribution in [-0.2, 0) is 4.79 Å². The molecule has 0 atom stereocenters. The molecule has 10 nitrogen and oxygen atoms in total. The van der Waals surface area contributed by atoms with Gasteiger partial charge in [-0.05, 0) is 42.0 Å². The van der Waals surface area contributed by atoms with Crippen LogP contribution in [0.5, 0.6) is 5.75 Å². The molecule has 0 aliphatic rings. The number of pyridine rings is 3. The first-order chi connectivity index (χ1) is 19.2. The third-order valence-electron chi connectivity index (χ3n) is 6.41. The van der Waals surface area contributed by atoms with E-state index in [4.69, 9.17) is 14.7 Å². The van der Waals surface area contributed by atoms with E-state index in [0.29, 0.717) is 62.0 Å². The molecule has 5 heterocycles. The maximum atomic E-state index is 14.2. The average Bonchev–Trinajstić information content (AvgIpc) is 3.56. The van der Waals surface area contributed by atoms with E-state index in [1.165, 1.54) is 19.2 Å². The lowest BCUT2D eigenvalue weighted by Gasteiger charge is -2.17. The Morgan fingerprint density at radius 1 is 1.00 bits per heavy atom. The van der Waals surface area contributed by atoms with Crippen LogP contribution in [0.3, 0.4) is 0 Å². The molecule has 5 aromatic heterocycles. The summed E-state index contributed by atoms with van der Waals surface area (Å²) in [4.78, 5) is 34.0. The largest absolute Gasteiger partial charge is 0.497 e. The van der Waals surface area contributed by atoms with E-state index in [9.17, 15) is 9.18 Å². The van der Waals surface area contributed by atoms with Crippen LogP contribution in [0.15, 0.2) is 61.1 Å². The van der Waals surface area contributed by atoms with E-state index in [1.54, 1.807) is 30.7 Å². The van der Waals surface area contributed by atoms with Crippen molar-refractivity contribution < 1.29 is 13.9 Å². The fourth-order valence-corrected chi connectivity index (χ4v) is 4.28. The van der Waals surface area contributed by atoms with Gasteiger partial charge in [0.2, 0.25) is 5.91 Å². The van der Waals surface area contributed by atoms with Crippen LogP contribution < -0.4 is 10.1 Å². The molecule has 0 aliphatic carbocycles. The minimum absolute atomic E-state index is 0.110. The molecular formula is C29H25FN8O2. The zero-order valence-electron chi connectivity index (χ0n) is 22.2. The highest BCUT2D eigenvalue weighted by molar-refractivity contribution is 5.96. The van der Waals surface area contributed by atoms with Gasteiger partial charge >= 0.3 is 0 Å². The third kappa shape index (κ3) is 4.62. The van der Waals surface area contributed by atoms with Gasteiger partial charge in [0.1, 0.15) is 22.6 Å². The molecule has 0 spiro atoms. The van der Waals surface area contributed by atoms with E-state index < -0.39 is 11.2 Å². The quantitative estimate of drug-likeness (QED) is 0.255. The van der Waals surface area contributed by atoms with Crippen LogP contribution in [0, 0.1) is 11.2 Å². The molecule has 0 aliphatic heterocycles. The normalized spacial score (nSPS) is 11.7. The van der Waals surface area contributed by atoms with Crippen molar-refractivity contribution in [1.82, 2.24) is 35.1 Å². The van der Waals surface area contributed by atoms with Crippen molar-refractivity contribution in [1.29, 1.82) is 0 Å². The van der Waals surface area contributed by atoms with Crippen LogP contribution in [-0.4, -0.2) is 48.1 Å². The molecule has 0 saturated heterocycles. The number of fused-ring (bicyclic) bond motifs is 2. The number of H-pyrrole nitrogens is 2. The van der Waals surface area contributed by atoms with E-state index >= 15 is 0 Å². The summed E-state index contributed by atoms with van der Waals surface area (Å²) in [7, 11) is 1.49. The summed E-state index contributed by atoms with van der Waals surface area (Å²) in [5.41, 5.74) is 5.62. The van der Waals surface area contributed by atoms with Gasteiger partial charge in [0.25, 0.3) is 0 Å². The van der Waals surface area contributed by atoms with E-state index in [1.807, 2.05) is 39.0 Å². The maximum absolute atomic E-state index is 14.2. The number of amides is 1. The summed E-state index contributed by atoms with van der Waals surface area (Å²) in [5.74, 6) is 0.337. The number of halogens is 1. The number of carbonyl (C=O) groups excluding carboxylic acids is 1. The fourth-order valence-electron chi connectivity index (χ4n) is 4.28. The minimum Gasteiger partial charge on any atom is -0.497 e. The number of hydrogen-bond donors (Lipinski definition) is 3. The number of ether oxygens (including phenoxy) is 1. The van der Waals surface area contributed by atoms with Crippen molar-refractivity contribution >= 4 is 33.8 Å². The lowest BCUT2D eigenvalue weighted by atomic mass is 9.95. The van der Waals surface area contributed by atoms with Gasteiger partial charge in [-0.25, -0.2) is 19.3 Å². The van der Waals surface area contributed by atoms with Crippen molar-refractivity contribution in [2.45, 2.75) is 20.8 Å². The summed E-state index contributed by atoms with van der Waals surface area (Å²) < 4.78 is 19.5. The number of aromatic nitrogens is 7. The SMILES string of the molecule is COc1cc(F)cc(-c2ccnc3[nH]c(-c4n[nH]c5ccc(-c6cncc(NC(=O)C(C)(C)C)c6)nc45)nc23)c1. The van der Waals surface area contributed by atoms with Crippen molar-refractivity contribution in [3.05, 3.63) is 66.9 Å². The molecule has 40 heavy (non-hydrogen) atoms. The predicted molar refractivity (Wildman–Crippen MR) is 150 cm³/mol. The van der Waals surface area contributed by atoms with Gasteiger partial charge in [0.15, 0.2) is 17.2 Å². The average molecular weight is 537 g/mol. The Hall–Kier alpha value is -5.19. The molecule has 3 N–H and O–H groups in total. The number of aromatic amines is 2. The zero-order chi connectivity index (χ0) is 28.0. The molecule has 6 rings (SSSR count). The van der Waals surface area contributed by atoms with Crippen LogP contribution in [0.25, 0.3) is 56.1 Å². The monoisotopic (exact) mass is 536 g/mol. The number of hydrogen-bond acceptors (Lipinski definition) is 7. The van der Waals surface area contributed by atoms with Crippen LogP contribution in [0.2, 0.25) is 0 Å². The molecule has 0 unspecified atom stereocenters. The predicted octanol–water partition coefficient (Wildman–Crippen LogP) is 5.76. The zero-order valence-corrected chi connectivity index (χ0v) is 22.2. The lowest BCUT2D eigenvalue weighted by Crippen LogP contribution is -2.27. The topological polar surface area (TPSA) is 134 Å². The molecule has 6 aromatic rings. The van der Waals surface area contributed by atoms with Gasteiger partial charge in [-0.15, -0.1) is 0 Å². The Morgan fingerprint density at radius 2 is 1.85 bits per heavy atom. The molecule has 0 fully saturated rings. The minimum atomic E-state index is -0.541. The number of benzene rings is 1. The van der Waals surface area contributed by atoms with Crippen LogP contribution in [0.4, 0.5) is 10.1 Å². The highest BCUT2D eigenvalue weighted by Gasteiger charge is 2.22. The van der Waals surface area contributed by atoms with Gasteiger partial charge in [0, 0.05) is 35.0 Å². The standard InChI is InChI=1S/C29H25FN8O2/c1-29(2,3)28(39)33-18-10-16(13-31-14-18)21-5-6-22-24(34-21)25(38-37-22)27-35-23-20(7-8-32-26(23)36-27)15-9-17(30)12-19(11-15)40-4/h5-14H,1-4H3,(H,33,39)(H,37,38)(H,32,35,36). The number of methoxy groups -OCH3 is 1. The smallest absolute Gasteiger partial charge is 0.229 e. The Balaban J connectivity index is 1.40. The molecule has 1 aromatic carbocycles. The van der Waals surface area contributed by atoms with Gasteiger partial charge in [-0.3, -0.25) is 14.9 Å². The van der Waals surface area contributed by atoms with Crippen molar-refractivity contribution in [3.8, 4) is 39.7 Å². The summed E-state index contributed by atoms with van der Waals surface area (Å²) in [6.45, 7) is 5.54. The van der Waals surface area contributed by atoms with Crippen molar-refractivity contribution in [2.24, 2.45) is 5.41 Å². The summed E-state index contributed by atoms with van der Waals surface area (Å²) in [5, 5.41) is 10.4. The Bertz CT molecular complexity index is 1900. The number of nitrogens with zero attached hydrogens (tertiary/aromatic N) is 5. The third-order valence-corrected chi connectivity index (χ3v) is 6.41. The first-order valence-corrected chi connectivity index (χ1v) is 12.5. The van der Waals surface area contributed by atoms with E-state index in [0.717, 1.165) is 5.56 Å². The maximum Gasteiger partial charge on any atom is 0.229 e. The van der Waals surface area contributed by atoms with Crippen molar-refractivity contribution in [2.75, 3.05) is 12.4 Å². The number of anilines is 1. The molecule has 0 radical (unpaired) electrons. The van der Waals surface area contributed by atoms with Gasteiger partial charge in [-0.1, -0.05) is 20.8 Å². The molecule has 11 heteroatoms. The Labute approximate surface area is 228 Å². The number of imidazole rings is 1. The number of rotatable bonds is 5. The van der Waals surface area contributed by atoms with E-state index in [-0.39, 0.29) is 5.91 Å². The molecular weight excluding hydrogens is 511 g/mol. The summed E-state index contributed by atoms with van der Waals surface area (Å²) in [6.07, 6.45) is 4.92. The van der Waals surface area contributed by atoms with Crippen molar-refractivity contribution in [3.63, 3.8) is 0 Å². The van der Waals surface area contributed by atoms with Gasteiger partial charge < -0.3 is 15.0 Å². The number of carbonyl (C=O) groups is 1. The van der Waals surface area contributed by atoms with Crippen LogP contribution >= 0.6 is 0 Å². The Kier molecular flexibility index (Phi) is 5.98. The second kappa shape index (κ2) is 9.53. The fraction of sp³-hybridized carbons (Fsp3) is 0.172. The van der Waals surface area contributed by atoms with Crippen LogP contribution in [0.1, 0.15) is 20.8 Å². The van der Waals surface area contributed by atoms with Gasteiger partial charge in [0.05, 0.1) is 30.2 Å². The highest BCUT2D eigenvalue weighted by Crippen LogP contribution is 2.33.